The number of benzene rings is 1. The van der Waals surface area contributed by atoms with Gasteiger partial charge in [-0.15, -0.1) is 0 Å². The van der Waals surface area contributed by atoms with Gasteiger partial charge in [0.25, 0.3) is 0 Å². The number of aromatic nitrogens is 2. The monoisotopic (exact) mass is 273 g/mol. The summed E-state index contributed by atoms with van der Waals surface area (Å²) >= 11 is 0. The van der Waals surface area contributed by atoms with Crippen LogP contribution in [-0.4, -0.2) is 34.4 Å². The maximum absolute atomic E-state index is 12.0. The second-order valence-corrected chi connectivity index (χ2v) is 5.13. The maximum atomic E-state index is 12.0. The number of para-hydroxylation sites is 1. The van der Waals surface area contributed by atoms with E-state index in [0.29, 0.717) is 19.2 Å². The number of carbonyl (C=O) groups excluding carboxylic acids is 1. The summed E-state index contributed by atoms with van der Waals surface area (Å²) in [6.07, 6.45) is 4.10. The zero-order chi connectivity index (χ0) is 13.9. The predicted octanol–water partition coefficient (Wildman–Crippen LogP) is 1.72. The van der Waals surface area contributed by atoms with Gasteiger partial charge in [0, 0.05) is 11.4 Å². The SMILES string of the molecule is CCOC(=O)C(Cn1ncc2ccccc21)NC1CC1. The van der Waals surface area contributed by atoms with E-state index >= 15 is 0 Å². The predicted molar refractivity (Wildman–Crippen MR) is 76.3 cm³/mol. The molecule has 0 saturated heterocycles. The molecule has 5 nitrogen and oxygen atoms in total. The van der Waals surface area contributed by atoms with E-state index in [9.17, 15) is 4.79 Å². The number of hydrogen-bond donors (Lipinski definition) is 1. The van der Waals surface area contributed by atoms with Crippen molar-refractivity contribution >= 4 is 16.9 Å². The van der Waals surface area contributed by atoms with Crippen LogP contribution in [0.2, 0.25) is 0 Å². The first-order valence-corrected chi connectivity index (χ1v) is 7.11. The summed E-state index contributed by atoms with van der Waals surface area (Å²) in [5.41, 5.74) is 1.04. The third-order valence-electron chi connectivity index (χ3n) is 3.49. The van der Waals surface area contributed by atoms with E-state index in [0.717, 1.165) is 23.7 Å². The van der Waals surface area contributed by atoms with Gasteiger partial charge < -0.3 is 10.1 Å². The Morgan fingerprint density at radius 3 is 3.05 bits per heavy atom. The summed E-state index contributed by atoms with van der Waals surface area (Å²) in [7, 11) is 0. The normalized spacial score (nSPS) is 16.2. The van der Waals surface area contributed by atoms with Crippen LogP contribution < -0.4 is 5.32 Å². The minimum Gasteiger partial charge on any atom is -0.465 e. The van der Waals surface area contributed by atoms with Crippen LogP contribution in [0.1, 0.15) is 19.8 Å². The lowest BCUT2D eigenvalue weighted by molar-refractivity contribution is -0.146. The fraction of sp³-hybridized carbons (Fsp3) is 0.467. The van der Waals surface area contributed by atoms with E-state index < -0.39 is 0 Å². The summed E-state index contributed by atoms with van der Waals surface area (Å²) in [6.45, 7) is 2.74. The molecule has 2 aromatic rings. The molecule has 1 unspecified atom stereocenters. The lowest BCUT2D eigenvalue weighted by Gasteiger charge is -2.17. The van der Waals surface area contributed by atoms with Crippen molar-refractivity contribution in [2.75, 3.05) is 6.61 Å². The minimum absolute atomic E-state index is 0.195. The van der Waals surface area contributed by atoms with Gasteiger partial charge in [-0.2, -0.15) is 5.10 Å². The van der Waals surface area contributed by atoms with Gasteiger partial charge in [0.1, 0.15) is 6.04 Å². The Kier molecular flexibility index (Phi) is 3.69. The fourth-order valence-electron chi connectivity index (χ4n) is 2.32. The van der Waals surface area contributed by atoms with Crippen molar-refractivity contribution in [3.63, 3.8) is 0 Å². The molecule has 0 radical (unpaired) electrons. The molecule has 106 valence electrons. The molecular formula is C15H19N3O2. The van der Waals surface area contributed by atoms with Crippen LogP contribution in [0.4, 0.5) is 0 Å². The number of carbonyl (C=O) groups is 1. The van der Waals surface area contributed by atoms with E-state index in [1.807, 2.05) is 42.1 Å². The van der Waals surface area contributed by atoms with Crippen molar-refractivity contribution in [3.05, 3.63) is 30.5 Å². The Balaban J connectivity index is 1.79. The average Bonchev–Trinajstić information content (AvgIpc) is 3.18. The van der Waals surface area contributed by atoms with E-state index in [1.165, 1.54) is 0 Å². The number of esters is 1. The summed E-state index contributed by atoms with van der Waals surface area (Å²) in [5, 5.41) is 8.80. The van der Waals surface area contributed by atoms with Crippen LogP contribution in [0.5, 0.6) is 0 Å². The number of nitrogens with zero attached hydrogens (tertiary/aromatic N) is 2. The zero-order valence-electron chi connectivity index (χ0n) is 11.6. The highest BCUT2D eigenvalue weighted by Gasteiger charge is 2.29. The first kappa shape index (κ1) is 13.1. The average molecular weight is 273 g/mol. The minimum atomic E-state index is -0.328. The van der Waals surface area contributed by atoms with Crippen molar-refractivity contribution < 1.29 is 9.53 Å². The second-order valence-electron chi connectivity index (χ2n) is 5.13. The van der Waals surface area contributed by atoms with E-state index in [2.05, 4.69) is 10.4 Å². The molecule has 20 heavy (non-hydrogen) atoms. The highest BCUT2D eigenvalue weighted by molar-refractivity contribution is 5.79. The standard InChI is InChI=1S/C15H19N3O2/c1-2-20-15(19)13(17-12-7-8-12)10-18-14-6-4-3-5-11(14)9-16-18/h3-6,9,12-13,17H,2,7-8,10H2,1H3. The van der Waals surface area contributed by atoms with Crippen molar-refractivity contribution in [2.45, 2.75) is 38.4 Å². The number of hydrogen-bond acceptors (Lipinski definition) is 4. The van der Waals surface area contributed by atoms with Gasteiger partial charge in [-0.25, -0.2) is 0 Å². The van der Waals surface area contributed by atoms with Crippen LogP contribution in [0.3, 0.4) is 0 Å². The fourth-order valence-corrected chi connectivity index (χ4v) is 2.32. The molecule has 1 aliphatic rings. The Morgan fingerprint density at radius 1 is 1.50 bits per heavy atom. The van der Waals surface area contributed by atoms with E-state index in [4.69, 9.17) is 4.74 Å². The molecule has 1 fully saturated rings. The zero-order valence-corrected chi connectivity index (χ0v) is 11.6. The van der Waals surface area contributed by atoms with Gasteiger partial charge in [0.15, 0.2) is 0 Å². The highest BCUT2D eigenvalue weighted by atomic mass is 16.5. The van der Waals surface area contributed by atoms with Crippen molar-refractivity contribution in [1.82, 2.24) is 15.1 Å². The Morgan fingerprint density at radius 2 is 2.30 bits per heavy atom. The van der Waals surface area contributed by atoms with Gasteiger partial charge >= 0.3 is 5.97 Å². The number of ether oxygens (including phenoxy) is 1. The molecule has 1 aromatic carbocycles. The molecule has 1 saturated carbocycles. The Labute approximate surface area is 117 Å². The lowest BCUT2D eigenvalue weighted by atomic mass is 10.2. The van der Waals surface area contributed by atoms with Crippen molar-refractivity contribution in [2.24, 2.45) is 0 Å². The third-order valence-corrected chi connectivity index (χ3v) is 3.49. The van der Waals surface area contributed by atoms with E-state index in [1.54, 1.807) is 0 Å². The molecule has 1 aliphatic carbocycles. The van der Waals surface area contributed by atoms with Gasteiger partial charge in [-0.05, 0) is 25.8 Å². The molecule has 0 bridgehead atoms. The number of rotatable bonds is 6. The highest BCUT2D eigenvalue weighted by Crippen LogP contribution is 2.20. The quantitative estimate of drug-likeness (QED) is 0.814. The van der Waals surface area contributed by atoms with Crippen LogP contribution in [-0.2, 0) is 16.1 Å². The summed E-state index contributed by atoms with van der Waals surface area (Å²) in [6, 6.07) is 8.12. The first-order valence-electron chi connectivity index (χ1n) is 7.11. The van der Waals surface area contributed by atoms with Crippen LogP contribution in [0.25, 0.3) is 10.9 Å². The molecule has 1 heterocycles. The van der Waals surface area contributed by atoms with Gasteiger partial charge in [-0.3, -0.25) is 9.48 Å². The van der Waals surface area contributed by atoms with Crippen molar-refractivity contribution in [3.8, 4) is 0 Å². The molecule has 0 aliphatic heterocycles. The summed E-state index contributed by atoms with van der Waals surface area (Å²) in [4.78, 5) is 12.0. The van der Waals surface area contributed by atoms with Crippen LogP contribution in [0, 0.1) is 0 Å². The number of fused-ring (bicyclic) bond motifs is 1. The largest absolute Gasteiger partial charge is 0.465 e. The topological polar surface area (TPSA) is 56.2 Å². The molecular weight excluding hydrogens is 254 g/mol. The maximum Gasteiger partial charge on any atom is 0.325 e. The molecule has 5 heteroatoms. The van der Waals surface area contributed by atoms with Crippen LogP contribution >= 0.6 is 0 Å². The molecule has 1 atom stereocenters. The molecule has 0 spiro atoms. The number of nitrogens with one attached hydrogen (secondary N) is 1. The summed E-state index contributed by atoms with van der Waals surface area (Å²) < 4.78 is 7.02. The lowest BCUT2D eigenvalue weighted by Crippen LogP contribution is -2.42. The van der Waals surface area contributed by atoms with Gasteiger partial charge in [0.05, 0.1) is 24.9 Å². The van der Waals surface area contributed by atoms with Gasteiger partial charge in [0.2, 0.25) is 0 Å². The van der Waals surface area contributed by atoms with Gasteiger partial charge in [-0.1, -0.05) is 18.2 Å². The van der Waals surface area contributed by atoms with E-state index in [-0.39, 0.29) is 12.0 Å². The van der Waals surface area contributed by atoms with Crippen molar-refractivity contribution in [1.29, 1.82) is 0 Å². The smallest absolute Gasteiger partial charge is 0.325 e. The van der Waals surface area contributed by atoms with Crippen LogP contribution in [0.15, 0.2) is 30.5 Å². The Bertz CT molecular complexity index is 604. The third kappa shape index (κ3) is 2.82. The first-order chi connectivity index (χ1) is 9.78. The summed E-state index contributed by atoms with van der Waals surface area (Å²) in [5.74, 6) is -0.195. The second kappa shape index (κ2) is 5.63. The molecule has 1 aromatic heterocycles. The molecule has 3 rings (SSSR count). The molecule has 1 N–H and O–H groups in total. The Hall–Kier alpha value is -1.88. The molecule has 0 amide bonds.